The summed E-state index contributed by atoms with van der Waals surface area (Å²) in [6, 6.07) is 21.7. The van der Waals surface area contributed by atoms with Gasteiger partial charge in [0, 0.05) is 29.0 Å². The fourth-order valence-corrected chi connectivity index (χ4v) is 5.23. The van der Waals surface area contributed by atoms with Crippen LogP contribution >= 0.6 is 11.6 Å². The highest BCUT2D eigenvalue weighted by Gasteiger charge is 2.21. The number of fused-ring (bicyclic) bond motifs is 2. The number of hydrogen-bond acceptors (Lipinski definition) is 10. The largest absolute Gasteiger partial charge is 0.506 e. The number of phenolic OH excluding ortho intramolecular Hbond substituents is 2. The third-order valence-corrected chi connectivity index (χ3v) is 8.30. The van der Waals surface area contributed by atoms with Crippen LogP contribution in [0.15, 0.2) is 97.1 Å². The molecule has 6 rings (SSSR count). The minimum Gasteiger partial charge on any atom is -0.506 e. The van der Waals surface area contributed by atoms with E-state index in [2.05, 4.69) is 54.3 Å². The van der Waals surface area contributed by atoms with E-state index in [1.807, 2.05) is 36.4 Å². The molecule has 53 heavy (non-hydrogen) atoms. The maximum Gasteiger partial charge on any atom is 0.333 e. The van der Waals surface area contributed by atoms with Crippen LogP contribution < -0.4 is 0 Å². The second-order valence-electron chi connectivity index (χ2n) is 13.5. The molecular weight excluding hydrogens is 696 g/mol. The van der Waals surface area contributed by atoms with Crippen LogP contribution in [-0.4, -0.2) is 65.4 Å². The molecule has 0 saturated heterocycles. The van der Waals surface area contributed by atoms with Gasteiger partial charge in [0.1, 0.15) is 44.9 Å². The van der Waals surface area contributed by atoms with E-state index in [1.165, 1.54) is 9.59 Å². The number of aromatic nitrogens is 6. The van der Waals surface area contributed by atoms with E-state index < -0.39 is 11.9 Å². The molecule has 0 atom stereocenters. The Bertz CT molecular complexity index is 2310. The fraction of sp³-hybridized carbons (Fsp3) is 0.250. The lowest BCUT2D eigenvalue weighted by Crippen LogP contribution is -2.14. The summed E-state index contributed by atoms with van der Waals surface area (Å²) in [7, 11) is 0. The molecule has 0 fully saturated rings. The lowest BCUT2D eigenvalue weighted by molar-refractivity contribution is -0.139. The van der Waals surface area contributed by atoms with E-state index in [1.54, 1.807) is 50.2 Å². The van der Waals surface area contributed by atoms with Gasteiger partial charge in [-0.15, -0.1) is 30.0 Å². The minimum absolute atomic E-state index is 0.0501. The van der Waals surface area contributed by atoms with Crippen molar-refractivity contribution in [1.82, 2.24) is 30.0 Å². The average molecular weight is 737 g/mol. The molecule has 0 amide bonds. The number of esters is 2. The first-order valence-corrected chi connectivity index (χ1v) is 17.2. The summed E-state index contributed by atoms with van der Waals surface area (Å²) in [4.78, 5) is 25.8. The van der Waals surface area contributed by atoms with Crippen molar-refractivity contribution in [2.45, 2.75) is 52.9 Å². The van der Waals surface area contributed by atoms with Crippen LogP contribution in [0.4, 0.5) is 0 Å². The van der Waals surface area contributed by atoms with Gasteiger partial charge >= 0.3 is 11.9 Å². The van der Waals surface area contributed by atoms with Crippen molar-refractivity contribution in [3.05, 3.63) is 119 Å². The number of carbonyl (C=O) groups is 2. The molecular formula is C40H41ClN6O6. The summed E-state index contributed by atoms with van der Waals surface area (Å²) in [6.07, 6.45) is 0.876. The Morgan fingerprint density at radius 2 is 1.26 bits per heavy atom. The number of halogens is 1. The summed E-state index contributed by atoms with van der Waals surface area (Å²) in [5.41, 5.74) is 6.90. The maximum atomic E-state index is 11.6. The van der Waals surface area contributed by atoms with E-state index in [-0.39, 0.29) is 30.1 Å². The van der Waals surface area contributed by atoms with Gasteiger partial charge in [-0.2, -0.15) is 0 Å². The Kier molecular flexibility index (Phi) is 11.6. The Labute approximate surface area is 311 Å². The third-order valence-electron chi connectivity index (χ3n) is 8.06. The Hall–Kier alpha value is -6.01. The topological polar surface area (TPSA) is 154 Å². The molecule has 2 aromatic heterocycles. The molecule has 13 heteroatoms. The van der Waals surface area contributed by atoms with Crippen molar-refractivity contribution < 1.29 is 29.3 Å². The molecule has 2 heterocycles. The summed E-state index contributed by atoms with van der Waals surface area (Å²) >= 11 is 5.96. The van der Waals surface area contributed by atoms with Gasteiger partial charge < -0.3 is 19.7 Å². The van der Waals surface area contributed by atoms with Gasteiger partial charge in [0.05, 0.1) is 13.2 Å². The highest BCUT2D eigenvalue weighted by Crippen LogP contribution is 2.34. The molecule has 0 radical (unpaired) electrons. The molecule has 0 saturated carbocycles. The SMILES string of the molecule is C=C(C)C(=O)OCCc1cc(C(C)(C)C)cc(-n2nc3ccccc3n2)c1O.C=C(C)C(=O)OCCc1ccc(O)c(-n2nc3ccc(Cl)cc3n2)c1. The van der Waals surface area contributed by atoms with E-state index >= 15 is 0 Å². The van der Waals surface area contributed by atoms with Gasteiger partial charge in [-0.3, -0.25) is 0 Å². The van der Waals surface area contributed by atoms with Crippen molar-refractivity contribution in [3.8, 4) is 22.9 Å². The first-order valence-electron chi connectivity index (χ1n) is 16.8. The van der Waals surface area contributed by atoms with Gasteiger partial charge in [0.15, 0.2) is 0 Å². The molecule has 0 aliphatic heterocycles. The van der Waals surface area contributed by atoms with Crippen molar-refractivity contribution in [1.29, 1.82) is 0 Å². The summed E-state index contributed by atoms with van der Waals surface area (Å²) in [5, 5.41) is 39.2. The molecule has 0 aliphatic rings. The van der Waals surface area contributed by atoms with Crippen molar-refractivity contribution in [2.75, 3.05) is 13.2 Å². The van der Waals surface area contributed by atoms with Crippen molar-refractivity contribution in [3.63, 3.8) is 0 Å². The average Bonchev–Trinajstić information content (AvgIpc) is 3.73. The molecule has 12 nitrogen and oxygen atoms in total. The quantitative estimate of drug-likeness (QED) is 0.107. The second-order valence-corrected chi connectivity index (χ2v) is 13.9. The summed E-state index contributed by atoms with van der Waals surface area (Å²) < 4.78 is 10.3. The number of carbonyl (C=O) groups excluding carboxylic acids is 2. The number of phenols is 2. The van der Waals surface area contributed by atoms with Crippen LogP contribution in [0.2, 0.25) is 5.02 Å². The number of benzene rings is 4. The normalized spacial score (nSPS) is 11.2. The zero-order valence-corrected chi connectivity index (χ0v) is 31.0. The maximum absolute atomic E-state index is 11.6. The zero-order chi connectivity index (χ0) is 38.4. The highest BCUT2D eigenvalue weighted by molar-refractivity contribution is 6.31. The number of aromatic hydroxyl groups is 2. The van der Waals surface area contributed by atoms with Gasteiger partial charge in [0.2, 0.25) is 0 Å². The highest BCUT2D eigenvalue weighted by atomic mass is 35.5. The Morgan fingerprint density at radius 3 is 1.85 bits per heavy atom. The van der Waals surface area contributed by atoms with Crippen LogP contribution in [0.3, 0.4) is 0 Å². The number of rotatable bonds is 10. The Balaban J connectivity index is 0.000000206. The first kappa shape index (κ1) is 38.2. The smallest absolute Gasteiger partial charge is 0.333 e. The lowest BCUT2D eigenvalue weighted by Gasteiger charge is -2.22. The second kappa shape index (κ2) is 16.1. The summed E-state index contributed by atoms with van der Waals surface area (Å²) in [5.74, 6) is -0.726. The minimum atomic E-state index is -0.438. The molecule has 6 aromatic rings. The molecule has 0 aliphatic carbocycles. The standard InChI is InChI=1S/C22H25N3O3.C18H16ClN3O3/c1-14(2)21(27)28-11-10-15-12-16(22(3,4)5)13-19(20(15)26)25-23-17-8-6-7-9-18(17)24-25;1-11(2)18(24)25-8-7-12-3-6-17(23)16(9-12)22-20-14-5-4-13(19)10-15(14)21-22/h6-9,12-13,26H,1,10-11H2,2-5H3;3-6,9-10,23H,1,7-8H2,2H3. The molecule has 0 unspecified atom stereocenters. The van der Waals surface area contributed by atoms with Crippen LogP contribution in [0.5, 0.6) is 11.5 Å². The van der Waals surface area contributed by atoms with E-state index in [0.29, 0.717) is 57.0 Å². The Morgan fingerprint density at radius 1 is 0.717 bits per heavy atom. The van der Waals surface area contributed by atoms with Gasteiger partial charge in [-0.1, -0.05) is 69.8 Å². The predicted molar refractivity (Wildman–Crippen MR) is 204 cm³/mol. The third kappa shape index (κ3) is 9.46. The zero-order valence-electron chi connectivity index (χ0n) is 30.3. The molecule has 2 N–H and O–H groups in total. The lowest BCUT2D eigenvalue weighted by atomic mass is 9.85. The number of ether oxygens (including phenoxy) is 2. The van der Waals surface area contributed by atoms with Gasteiger partial charge in [-0.05, 0) is 84.5 Å². The van der Waals surface area contributed by atoms with Gasteiger partial charge in [0.25, 0.3) is 0 Å². The van der Waals surface area contributed by atoms with Gasteiger partial charge in [-0.25, -0.2) is 9.59 Å². The predicted octanol–water partition coefficient (Wildman–Crippen LogP) is 7.53. The molecule has 0 spiro atoms. The van der Waals surface area contributed by atoms with E-state index in [9.17, 15) is 19.8 Å². The molecule has 0 bridgehead atoms. The summed E-state index contributed by atoms with van der Waals surface area (Å²) in [6.45, 7) is 17.0. The monoisotopic (exact) mass is 736 g/mol. The van der Waals surface area contributed by atoms with Crippen LogP contribution in [-0.2, 0) is 37.3 Å². The number of hydrogen-bond donors (Lipinski definition) is 2. The molecule has 274 valence electrons. The van der Waals surface area contributed by atoms with Crippen LogP contribution in [0.25, 0.3) is 33.4 Å². The first-order chi connectivity index (χ1) is 25.1. The van der Waals surface area contributed by atoms with E-state index in [4.69, 9.17) is 21.1 Å². The fourth-order valence-electron chi connectivity index (χ4n) is 5.06. The molecule has 4 aromatic carbocycles. The number of nitrogens with zero attached hydrogens (tertiary/aromatic N) is 6. The van der Waals surface area contributed by atoms with Crippen molar-refractivity contribution >= 4 is 45.6 Å². The van der Waals surface area contributed by atoms with E-state index in [0.717, 1.165) is 22.2 Å². The van der Waals surface area contributed by atoms with Crippen molar-refractivity contribution in [2.24, 2.45) is 0 Å². The van der Waals surface area contributed by atoms with Crippen LogP contribution in [0, 0.1) is 0 Å². The van der Waals surface area contributed by atoms with Crippen LogP contribution in [0.1, 0.15) is 51.3 Å².